The van der Waals surface area contributed by atoms with Gasteiger partial charge in [-0.3, -0.25) is 4.79 Å². The number of aryl methyl sites for hydroxylation is 1. The molecule has 0 aliphatic heterocycles. The molecule has 22 heavy (non-hydrogen) atoms. The van der Waals surface area contributed by atoms with Gasteiger partial charge in [0.15, 0.2) is 0 Å². The predicted molar refractivity (Wildman–Crippen MR) is 90.8 cm³/mol. The third-order valence-corrected chi connectivity index (χ3v) is 3.67. The fourth-order valence-electron chi connectivity index (χ4n) is 2.52. The fourth-order valence-corrected chi connectivity index (χ4v) is 2.52. The van der Waals surface area contributed by atoms with Crippen LogP contribution in [0.3, 0.4) is 0 Å². The number of carbonyl (C=O) groups is 1. The zero-order valence-electron chi connectivity index (χ0n) is 13.5. The molecule has 0 bridgehead atoms. The molecule has 0 saturated heterocycles. The van der Waals surface area contributed by atoms with Gasteiger partial charge >= 0.3 is 0 Å². The highest BCUT2D eigenvalue weighted by Gasteiger charge is 2.18. The molecule has 0 aliphatic rings. The second-order valence-electron chi connectivity index (χ2n) is 5.17. The van der Waals surface area contributed by atoms with Gasteiger partial charge in [-0.1, -0.05) is 32.0 Å². The Morgan fingerprint density at radius 2 is 1.82 bits per heavy atom. The molecule has 0 spiro atoms. The summed E-state index contributed by atoms with van der Waals surface area (Å²) in [6, 6.07) is 15.5. The number of amides is 1. The van der Waals surface area contributed by atoms with Crippen LogP contribution in [0.15, 0.2) is 48.5 Å². The van der Waals surface area contributed by atoms with Crippen molar-refractivity contribution in [2.45, 2.75) is 26.7 Å². The fraction of sp³-hybridized carbons (Fsp3) is 0.316. The highest BCUT2D eigenvalue weighted by molar-refractivity contribution is 6.06. The lowest BCUT2D eigenvalue weighted by molar-refractivity contribution is 0.0987. The maximum atomic E-state index is 12.9. The molecular weight excluding hydrogens is 274 g/mol. The van der Waals surface area contributed by atoms with Crippen molar-refractivity contribution in [1.29, 1.82) is 0 Å². The molecule has 0 atom stereocenters. The summed E-state index contributed by atoms with van der Waals surface area (Å²) >= 11 is 0. The molecule has 0 fully saturated rings. The normalized spacial score (nSPS) is 10.3. The van der Waals surface area contributed by atoms with Crippen molar-refractivity contribution in [3.05, 3.63) is 59.7 Å². The first-order valence-electron chi connectivity index (χ1n) is 7.75. The number of anilines is 1. The van der Waals surface area contributed by atoms with Gasteiger partial charge in [0.1, 0.15) is 5.75 Å². The van der Waals surface area contributed by atoms with E-state index >= 15 is 0 Å². The van der Waals surface area contributed by atoms with Crippen molar-refractivity contribution in [2.75, 3.05) is 18.6 Å². The van der Waals surface area contributed by atoms with Crippen molar-refractivity contribution < 1.29 is 9.53 Å². The minimum absolute atomic E-state index is 0.0328. The first-order chi connectivity index (χ1) is 10.7. The van der Waals surface area contributed by atoms with E-state index in [1.807, 2.05) is 53.4 Å². The largest absolute Gasteiger partial charge is 0.496 e. The van der Waals surface area contributed by atoms with Crippen molar-refractivity contribution >= 4 is 11.6 Å². The van der Waals surface area contributed by atoms with Gasteiger partial charge in [0, 0.05) is 17.8 Å². The predicted octanol–water partition coefficient (Wildman–Crippen LogP) is 4.31. The van der Waals surface area contributed by atoms with E-state index in [4.69, 9.17) is 4.74 Å². The molecule has 2 aromatic carbocycles. The third-order valence-electron chi connectivity index (χ3n) is 3.67. The first-order valence-corrected chi connectivity index (χ1v) is 7.75. The van der Waals surface area contributed by atoms with Gasteiger partial charge < -0.3 is 9.64 Å². The summed E-state index contributed by atoms with van der Waals surface area (Å²) in [7, 11) is 1.66. The summed E-state index contributed by atoms with van der Waals surface area (Å²) in [4.78, 5) is 14.7. The zero-order chi connectivity index (χ0) is 15.9. The Kier molecular flexibility index (Phi) is 5.59. The van der Waals surface area contributed by atoms with Gasteiger partial charge in [-0.15, -0.1) is 0 Å². The van der Waals surface area contributed by atoms with Crippen LogP contribution in [0.1, 0.15) is 36.2 Å². The molecule has 0 aliphatic carbocycles. The van der Waals surface area contributed by atoms with Gasteiger partial charge in [-0.2, -0.15) is 0 Å². The molecule has 0 unspecified atom stereocenters. The number of benzene rings is 2. The average Bonchev–Trinajstić information content (AvgIpc) is 2.59. The van der Waals surface area contributed by atoms with Crippen LogP contribution in [-0.2, 0) is 6.42 Å². The summed E-state index contributed by atoms with van der Waals surface area (Å²) in [6.07, 6.45) is 1.75. The maximum absolute atomic E-state index is 12.9. The lowest BCUT2D eigenvalue weighted by Gasteiger charge is -2.23. The average molecular weight is 297 g/mol. The molecule has 3 nitrogen and oxygen atoms in total. The van der Waals surface area contributed by atoms with E-state index in [9.17, 15) is 4.79 Å². The number of nitrogens with zero attached hydrogens (tertiary/aromatic N) is 1. The Labute approximate surface area is 132 Å². The van der Waals surface area contributed by atoms with Gasteiger partial charge in [-0.25, -0.2) is 0 Å². The molecular formula is C19H23NO2. The second kappa shape index (κ2) is 7.64. The monoisotopic (exact) mass is 297 g/mol. The summed E-state index contributed by atoms with van der Waals surface area (Å²) in [5.74, 6) is 0.867. The number of carbonyl (C=O) groups excluding carboxylic acids is 1. The number of rotatable bonds is 6. The van der Waals surface area contributed by atoms with E-state index in [2.05, 4.69) is 13.8 Å². The maximum Gasteiger partial charge on any atom is 0.258 e. The lowest BCUT2D eigenvalue weighted by atomic mass is 10.1. The minimum Gasteiger partial charge on any atom is -0.496 e. The number of methoxy groups -OCH3 is 1. The van der Waals surface area contributed by atoms with Crippen molar-refractivity contribution in [3.8, 4) is 5.75 Å². The molecule has 0 aromatic heterocycles. The number of hydrogen-bond acceptors (Lipinski definition) is 2. The van der Waals surface area contributed by atoms with Crippen LogP contribution in [0, 0.1) is 0 Å². The van der Waals surface area contributed by atoms with Gasteiger partial charge in [0.05, 0.1) is 7.11 Å². The van der Waals surface area contributed by atoms with E-state index in [1.54, 1.807) is 7.11 Å². The lowest BCUT2D eigenvalue weighted by Crippen LogP contribution is -2.31. The number of para-hydroxylation sites is 1. The molecule has 1 amide bonds. The second-order valence-corrected chi connectivity index (χ2v) is 5.17. The molecule has 0 radical (unpaired) electrons. The van der Waals surface area contributed by atoms with Crippen molar-refractivity contribution in [2.24, 2.45) is 0 Å². The Morgan fingerprint density at radius 3 is 2.41 bits per heavy atom. The molecule has 0 N–H and O–H groups in total. The molecule has 2 rings (SSSR count). The SMILES string of the molecule is CCCN(C(=O)c1ccc(OC)c(CC)c1)c1ccccc1. The van der Waals surface area contributed by atoms with Crippen LogP contribution in [0.5, 0.6) is 5.75 Å². The van der Waals surface area contributed by atoms with Crippen LogP contribution < -0.4 is 9.64 Å². The van der Waals surface area contributed by atoms with Crippen molar-refractivity contribution in [3.63, 3.8) is 0 Å². The van der Waals surface area contributed by atoms with Crippen LogP contribution in [0.25, 0.3) is 0 Å². The molecule has 3 heteroatoms. The smallest absolute Gasteiger partial charge is 0.258 e. The topological polar surface area (TPSA) is 29.5 Å². The standard InChI is InChI=1S/C19H23NO2/c1-4-13-20(17-9-7-6-8-10-17)19(21)16-11-12-18(22-3)15(5-2)14-16/h6-12,14H,4-5,13H2,1-3H3. The number of hydrogen-bond donors (Lipinski definition) is 0. The summed E-state index contributed by atoms with van der Waals surface area (Å²) in [6.45, 7) is 4.85. The summed E-state index contributed by atoms with van der Waals surface area (Å²) in [5.41, 5.74) is 2.69. The highest BCUT2D eigenvalue weighted by Crippen LogP contribution is 2.23. The van der Waals surface area contributed by atoms with Crippen LogP contribution in [0.4, 0.5) is 5.69 Å². The van der Waals surface area contributed by atoms with E-state index in [-0.39, 0.29) is 5.91 Å². The van der Waals surface area contributed by atoms with Crippen molar-refractivity contribution in [1.82, 2.24) is 0 Å². The zero-order valence-corrected chi connectivity index (χ0v) is 13.5. The summed E-state index contributed by atoms with van der Waals surface area (Å²) in [5, 5.41) is 0. The van der Waals surface area contributed by atoms with E-state index in [1.165, 1.54) is 0 Å². The quantitative estimate of drug-likeness (QED) is 0.795. The Morgan fingerprint density at radius 1 is 1.09 bits per heavy atom. The molecule has 0 heterocycles. The van der Waals surface area contributed by atoms with Crippen LogP contribution in [0.2, 0.25) is 0 Å². The van der Waals surface area contributed by atoms with Gasteiger partial charge in [0.2, 0.25) is 0 Å². The first kappa shape index (κ1) is 16.1. The van der Waals surface area contributed by atoms with Crippen LogP contribution in [-0.4, -0.2) is 19.6 Å². The van der Waals surface area contributed by atoms with Gasteiger partial charge in [-0.05, 0) is 48.7 Å². The van der Waals surface area contributed by atoms with E-state index in [0.29, 0.717) is 12.1 Å². The highest BCUT2D eigenvalue weighted by atomic mass is 16.5. The Balaban J connectivity index is 2.35. The number of ether oxygens (including phenoxy) is 1. The molecule has 0 saturated carbocycles. The minimum atomic E-state index is 0.0328. The van der Waals surface area contributed by atoms with E-state index < -0.39 is 0 Å². The van der Waals surface area contributed by atoms with Crippen LogP contribution >= 0.6 is 0 Å². The Hall–Kier alpha value is -2.29. The Bertz CT molecular complexity index is 623. The summed E-state index contributed by atoms with van der Waals surface area (Å²) < 4.78 is 5.34. The molecule has 2 aromatic rings. The van der Waals surface area contributed by atoms with E-state index in [0.717, 1.165) is 29.8 Å². The molecule has 116 valence electrons. The third kappa shape index (κ3) is 3.48. The van der Waals surface area contributed by atoms with Gasteiger partial charge in [0.25, 0.3) is 5.91 Å².